The van der Waals surface area contributed by atoms with Crippen molar-refractivity contribution >= 4 is 17.6 Å². The molecular weight excluding hydrogens is 278 g/mol. The Labute approximate surface area is 119 Å². The van der Waals surface area contributed by atoms with E-state index >= 15 is 0 Å². The van der Waals surface area contributed by atoms with Crippen LogP contribution in [-0.4, -0.2) is 24.7 Å². The highest BCUT2D eigenvalue weighted by Gasteiger charge is 2.29. The molecule has 2 aromatic heterocycles. The molecule has 4 N–H and O–H groups in total. The van der Waals surface area contributed by atoms with E-state index in [-0.39, 0.29) is 11.7 Å². The molecule has 1 aliphatic carbocycles. The van der Waals surface area contributed by atoms with Gasteiger partial charge in [-0.15, -0.1) is 5.10 Å². The van der Waals surface area contributed by atoms with E-state index in [9.17, 15) is 4.79 Å². The van der Waals surface area contributed by atoms with Crippen molar-refractivity contribution in [3.63, 3.8) is 0 Å². The molecule has 0 unspecified atom stereocenters. The van der Waals surface area contributed by atoms with Crippen LogP contribution in [0.15, 0.2) is 21.0 Å². The van der Waals surface area contributed by atoms with Gasteiger partial charge in [-0.3, -0.25) is 4.57 Å². The van der Waals surface area contributed by atoms with E-state index in [0.29, 0.717) is 28.2 Å². The van der Waals surface area contributed by atoms with E-state index in [1.54, 1.807) is 10.6 Å². The Morgan fingerprint density at radius 2 is 2.35 bits per heavy atom. The molecule has 0 amide bonds. The molecule has 3 rings (SSSR count). The molecule has 106 valence electrons. The predicted octanol–water partition coefficient (Wildman–Crippen LogP) is 0.695. The monoisotopic (exact) mass is 293 g/mol. The molecule has 20 heavy (non-hydrogen) atoms. The van der Waals surface area contributed by atoms with Gasteiger partial charge in [-0.25, -0.2) is 25.7 Å². The lowest BCUT2D eigenvalue weighted by Gasteiger charge is -2.06. The summed E-state index contributed by atoms with van der Waals surface area (Å²) in [5.41, 5.74) is 2.35. The fourth-order valence-corrected chi connectivity index (χ4v) is 2.80. The zero-order valence-corrected chi connectivity index (χ0v) is 11.8. The molecule has 0 aliphatic heterocycles. The van der Waals surface area contributed by atoms with Crippen LogP contribution < -0.4 is 17.0 Å². The van der Waals surface area contributed by atoms with Crippen LogP contribution in [0.4, 0.5) is 5.82 Å². The summed E-state index contributed by atoms with van der Waals surface area (Å²) in [4.78, 5) is 20.4. The second-order valence-electron chi connectivity index (χ2n) is 4.52. The Morgan fingerprint density at radius 3 is 3.00 bits per heavy atom. The number of anilines is 1. The maximum atomic E-state index is 11.7. The van der Waals surface area contributed by atoms with Gasteiger partial charge in [-0.2, -0.15) is 0 Å². The number of rotatable bonds is 5. The van der Waals surface area contributed by atoms with Crippen molar-refractivity contribution in [2.75, 3.05) is 5.43 Å². The lowest BCUT2D eigenvalue weighted by Crippen LogP contribution is -2.16. The molecule has 0 spiro atoms. The average molecular weight is 293 g/mol. The summed E-state index contributed by atoms with van der Waals surface area (Å²) < 4.78 is 1.69. The zero-order valence-electron chi connectivity index (χ0n) is 11.0. The van der Waals surface area contributed by atoms with Crippen molar-refractivity contribution < 1.29 is 0 Å². The fourth-order valence-electron chi connectivity index (χ4n) is 1.87. The van der Waals surface area contributed by atoms with Gasteiger partial charge in [-0.05, 0) is 24.6 Å². The second-order valence-corrected chi connectivity index (χ2v) is 5.51. The summed E-state index contributed by atoms with van der Waals surface area (Å²) >= 11 is 1.34. The van der Waals surface area contributed by atoms with Crippen LogP contribution in [0, 0.1) is 0 Å². The molecule has 1 fully saturated rings. The van der Waals surface area contributed by atoms with Crippen LogP contribution in [0.3, 0.4) is 0 Å². The van der Waals surface area contributed by atoms with Gasteiger partial charge in [0.2, 0.25) is 0 Å². The number of nitrogen functional groups attached to an aromatic ring is 1. The van der Waals surface area contributed by atoms with Gasteiger partial charge in [0, 0.05) is 18.5 Å². The Kier molecular flexibility index (Phi) is 3.45. The van der Waals surface area contributed by atoms with Gasteiger partial charge in [0.15, 0.2) is 5.16 Å². The van der Waals surface area contributed by atoms with Crippen LogP contribution in [0.1, 0.15) is 31.6 Å². The maximum Gasteiger partial charge on any atom is 0.344 e. The van der Waals surface area contributed by atoms with Crippen LogP contribution in [-0.2, 0) is 6.42 Å². The zero-order chi connectivity index (χ0) is 14.1. The Bertz CT molecular complexity index is 653. The molecule has 2 heterocycles. The SMILES string of the molecule is CCc1nc(NN)cc(Sc2n[nH]c(=O)n2C2CC2)n1. The van der Waals surface area contributed by atoms with Crippen LogP contribution in [0.25, 0.3) is 0 Å². The van der Waals surface area contributed by atoms with Gasteiger partial charge in [0.05, 0.1) is 0 Å². The third-order valence-electron chi connectivity index (χ3n) is 2.99. The van der Waals surface area contributed by atoms with Crippen molar-refractivity contribution in [1.29, 1.82) is 0 Å². The quantitative estimate of drug-likeness (QED) is 0.422. The largest absolute Gasteiger partial charge is 0.344 e. The van der Waals surface area contributed by atoms with Crippen molar-refractivity contribution in [2.24, 2.45) is 5.84 Å². The number of hydrogen-bond acceptors (Lipinski definition) is 7. The number of hydrazine groups is 1. The topological polar surface area (TPSA) is 115 Å². The smallest absolute Gasteiger partial charge is 0.308 e. The summed E-state index contributed by atoms with van der Waals surface area (Å²) in [6.07, 6.45) is 2.75. The first-order chi connectivity index (χ1) is 9.71. The normalized spacial score (nSPS) is 14.5. The van der Waals surface area contributed by atoms with E-state index in [1.807, 2.05) is 6.92 Å². The van der Waals surface area contributed by atoms with E-state index in [4.69, 9.17) is 5.84 Å². The first-order valence-electron chi connectivity index (χ1n) is 6.40. The molecule has 1 aliphatic rings. The highest BCUT2D eigenvalue weighted by molar-refractivity contribution is 7.99. The van der Waals surface area contributed by atoms with E-state index in [0.717, 1.165) is 12.8 Å². The summed E-state index contributed by atoms with van der Waals surface area (Å²) in [5.74, 6) is 6.65. The van der Waals surface area contributed by atoms with Gasteiger partial charge in [0.25, 0.3) is 0 Å². The van der Waals surface area contributed by atoms with Gasteiger partial charge in [0.1, 0.15) is 16.7 Å². The molecule has 0 radical (unpaired) electrons. The highest BCUT2D eigenvalue weighted by atomic mass is 32.2. The predicted molar refractivity (Wildman–Crippen MR) is 74.5 cm³/mol. The van der Waals surface area contributed by atoms with E-state index in [2.05, 4.69) is 25.6 Å². The van der Waals surface area contributed by atoms with E-state index in [1.165, 1.54) is 11.8 Å². The molecule has 0 bridgehead atoms. The first-order valence-corrected chi connectivity index (χ1v) is 7.22. The van der Waals surface area contributed by atoms with Crippen LogP contribution in [0.5, 0.6) is 0 Å². The number of aromatic nitrogens is 5. The number of aromatic amines is 1. The van der Waals surface area contributed by atoms with Gasteiger partial charge >= 0.3 is 5.69 Å². The number of nitrogens with one attached hydrogen (secondary N) is 2. The van der Waals surface area contributed by atoms with Crippen LogP contribution in [0.2, 0.25) is 0 Å². The molecule has 1 saturated carbocycles. The fraction of sp³-hybridized carbons (Fsp3) is 0.455. The second kappa shape index (κ2) is 5.25. The van der Waals surface area contributed by atoms with Crippen molar-refractivity contribution in [3.05, 3.63) is 22.4 Å². The molecule has 0 atom stereocenters. The van der Waals surface area contributed by atoms with Gasteiger partial charge in [-0.1, -0.05) is 6.92 Å². The summed E-state index contributed by atoms with van der Waals surface area (Å²) in [7, 11) is 0. The lowest BCUT2D eigenvalue weighted by molar-refractivity contribution is 0.642. The standard InChI is InChI=1S/C11H15N7OS/c1-2-7-13-8(15-12)5-9(14-7)20-11-17-16-10(19)18(11)6-3-4-6/h5-6H,2-4,12H2,1H3,(H,16,19)(H,13,14,15). The molecule has 2 aromatic rings. The number of H-pyrrole nitrogens is 1. The number of hydrogen-bond donors (Lipinski definition) is 3. The maximum absolute atomic E-state index is 11.7. The van der Waals surface area contributed by atoms with Crippen LogP contribution >= 0.6 is 11.8 Å². The molecule has 8 nitrogen and oxygen atoms in total. The van der Waals surface area contributed by atoms with Crippen molar-refractivity contribution in [3.8, 4) is 0 Å². The minimum absolute atomic E-state index is 0.169. The molecule has 0 saturated heterocycles. The molecule has 9 heteroatoms. The van der Waals surface area contributed by atoms with E-state index < -0.39 is 0 Å². The third kappa shape index (κ3) is 2.54. The third-order valence-corrected chi connectivity index (χ3v) is 3.88. The minimum atomic E-state index is -0.169. The average Bonchev–Trinajstić information content (AvgIpc) is 3.23. The summed E-state index contributed by atoms with van der Waals surface area (Å²) in [6, 6.07) is 2.00. The Morgan fingerprint density at radius 1 is 1.55 bits per heavy atom. The number of aryl methyl sites for hydroxylation is 1. The number of nitrogens with zero attached hydrogens (tertiary/aromatic N) is 4. The molecular formula is C11H15N7OS. The first kappa shape index (κ1) is 13.1. The van der Waals surface area contributed by atoms with Gasteiger partial charge < -0.3 is 5.43 Å². The molecule has 0 aromatic carbocycles. The lowest BCUT2D eigenvalue weighted by atomic mass is 10.4. The van der Waals surface area contributed by atoms with Crippen molar-refractivity contribution in [2.45, 2.75) is 42.4 Å². The summed E-state index contributed by atoms with van der Waals surface area (Å²) in [5, 5.41) is 7.89. The minimum Gasteiger partial charge on any atom is -0.308 e. The highest BCUT2D eigenvalue weighted by Crippen LogP contribution is 2.37. The Hall–Kier alpha value is -1.87. The Balaban J connectivity index is 1.93. The summed E-state index contributed by atoms with van der Waals surface area (Å²) in [6.45, 7) is 1.97. The van der Waals surface area contributed by atoms with Crippen molar-refractivity contribution in [1.82, 2.24) is 24.7 Å². The number of nitrogens with two attached hydrogens (primary N) is 1.